The average Bonchev–Trinajstić information content (AvgIpc) is 3.27. The van der Waals surface area contributed by atoms with Gasteiger partial charge in [0.05, 0.1) is 0 Å². The Bertz CT molecular complexity index is 421. The minimum Gasteiger partial charge on any atom is -0.313 e. The first-order valence-corrected chi connectivity index (χ1v) is 8.55. The summed E-state index contributed by atoms with van der Waals surface area (Å²) in [4.78, 5) is 0. The van der Waals surface area contributed by atoms with Crippen molar-refractivity contribution in [2.75, 3.05) is 6.54 Å². The van der Waals surface area contributed by atoms with Gasteiger partial charge in [0.1, 0.15) is 0 Å². The summed E-state index contributed by atoms with van der Waals surface area (Å²) >= 11 is 0. The number of hydrogen-bond donors (Lipinski definition) is 1. The summed E-state index contributed by atoms with van der Waals surface area (Å²) in [5, 5.41) is 3.87. The predicted molar refractivity (Wildman–Crippen MR) is 85.9 cm³/mol. The van der Waals surface area contributed by atoms with Crippen molar-refractivity contribution in [2.24, 2.45) is 11.8 Å². The van der Waals surface area contributed by atoms with Gasteiger partial charge in [-0.05, 0) is 49.6 Å². The lowest BCUT2D eigenvalue weighted by Crippen LogP contribution is -2.47. The molecule has 0 heterocycles. The molecule has 3 unspecified atom stereocenters. The van der Waals surface area contributed by atoms with Crippen LogP contribution in [-0.2, 0) is 5.41 Å². The normalized spacial score (nSPS) is 29.9. The van der Waals surface area contributed by atoms with Crippen molar-refractivity contribution in [3.05, 3.63) is 35.9 Å². The first kappa shape index (κ1) is 14.1. The van der Waals surface area contributed by atoms with Crippen LogP contribution in [0.2, 0.25) is 0 Å². The van der Waals surface area contributed by atoms with E-state index in [1.807, 2.05) is 0 Å². The molecule has 1 N–H and O–H groups in total. The van der Waals surface area contributed by atoms with E-state index in [1.54, 1.807) is 5.56 Å². The molecule has 3 atom stereocenters. The molecule has 2 fully saturated rings. The molecular formula is C19H29N. The van der Waals surface area contributed by atoms with Gasteiger partial charge in [-0.2, -0.15) is 0 Å². The van der Waals surface area contributed by atoms with Crippen LogP contribution in [0.4, 0.5) is 0 Å². The van der Waals surface area contributed by atoms with E-state index in [0.29, 0.717) is 11.5 Å². The lowest BCUT2D eigenvalue weighted by molar-refractivity contribution is 0.195. The van der Waals surface area contributed by atoms with E-state index in [1.165, 1.54) is 38.5 Å². The number of likely N-dealkylation sites (N-methyl/N-ethyl adjacent to an activating group) is 1. The fourth-order valence-electron chi connectivity index (χ4n) is 4.50. The second kappa shape index (κ2) is 5.89. The summed E-state index contributed by atoms with van der Waals surface area (Å²) < 4.78 is 0. The van der Waals surface area contributed by atoms with Gasteiger partial charge in [-0.3, -0.25) is 0 Å². The molecular weight excluding hydrogens is 242 g/mol. The summed E-state index contributed by atoms with van der Waals surface area (Å²) in [5.74, 6) is 1.79. The number of rotatable bonds is 5. The third kappa shape index (κ3) is 2.65. The molecule has 2 aliphatic rings. The molecule has 1 aromatic carbocycles. The van der Waals surface area contributed by atoms with Crippen molar-refractivity contribution in [1.82, 2.24) is 5.32 Å². The van der Waals surface area contributed by atoms with Crippen LogP contribution in [0.1, 0.15) is 57.9 Å². The average molecular weight is 271 g/mol. The van der Waals surface area contributed by atoms with E-state index in [4.69, 9.17) is 0 Å². The van der Waals surface area contributed by atoms with Crippen LogP contribution in [-0.4, -0.2) is 12.6 Å². The quantitative estimate of drug-likeness (QED) is 0.830. The van der Waals surface area contributed by atoms with E-state index >= 15 is 0 Å². The molecule has 1 aromatic rings. The van der Waals surface area contributed by atoms with Crippen LogP contribution in [0.3, 0.4) is 0 Å². The monoisotopic (exact) mass is 271 g/mol. The predicted octanol–water partition coefficient (Wildman–Crippen LogP) is 4.52. The van der Waals surface area contributed by atoms with Crippen LogP contribution in [0.15, 0.2) is 30.3 Å². The summed E-state index contributed by atoms with van der Waals surface area (Å²) in [6, 6.07) is 12.0. The van der Waals surface area contributed by atoms with E-state index < -0.39 is 0 Å². The topological polar surface area (TPSA) is 12.0 Å². The highest BCUT2D eigenvalue weighted by molar-refractivity contribution is 5.34. The maximum Gasteiger partial charge on any atom is 0.0192 e. The van der Waals surface area contributed by atoms with E-state index in [-0.39, 0.29) is 0 Å². The van der Waals surface area contributed by atoms with Crippen LogP contribution >= 0.6 is 0 Å². The van der Waals surface area contributed by atoms with Gasteiger partial charge in [-0.15, -0.1) is 0 Å². The van der Waals surface area contributed by atoms with Gasteiger partial charge in [0.15, 0.2) is 0 Å². The molecule has 1 nitrogen and oxygen atoms in total. The van der Waals surface area contributed by atoms with Crippen LogP contribution in [0, 0.1) is 11.8 Å². The molecule has 20 heavy (non-hydrogen) atoms. The molecule has 1 heteroatoms. The fraction of sp³-hybridized carbons (Fsp3) is 0.684. The van der Waals surface area contributed by atoms with Crippen LogP contribution in [0.25, 0.3) is 0 Å². The van der Waals surface area contributed by atoms with Gasteiger partial charge in [-0.25, -0.2) is 0 Å². The summed E-state index contributed by atoms with van der Waals surface area (Å²) in [6.45, 7) is 5.81. The second-order valence-corrected chi connectivity index (χ2v) is 7.09. The number of hydrogen-bond acceptors (Lipinski definition) is 1. The third-order valence-corrected chi connectivity index (χ3v) is 5.61. The molecule has 0 radical (unpaired) electrons. The summed E-state index contributed by atoms with van der Waals surface area (Å²) in [5.41, 5.74) is 2.02. The summed E-state index contributed by atoms with van der Waals surface area (Å²) in [7, 11) is 0. The Kier molecular flexibility index (Phi) is 4.16. The van der Waals surface area contributed by atoms with E-state index in [0.717, 1.165) is 18.4 Å². The number of nitrogens with one attached hydrogen (secondary N) is 1. The Labute approximate surface area is 124 Å². The highest BCUT2D eigenvalue weighted by Crippen LogP contribution is 2.54. The van der Waals surface area contributed by atoms with Crippen LogP contribution in [0.5, 0.6) is 0 Å². The Balaban J connectivity index is 1.83. The van der Waals surface area contributed by atoms with Crippen molar-refractivity contribution < 1.29 is 0 Å². The van der Waals surface area contributed by atoms with Gasteiger partial charge in [0.25, 0.3) is 0 Å². The third-order valence-electron chi connectivity index (χ3n) is 5.61. The van der Waals surface area contributed by atoms with E-state index in [2.05, 4.69) is 49.5 Å². The molecule has 0 saturated heterocycles. The number of benzene rings is 1. The van der Waals surface area contributed by atoms with Crippen molar-refractivity contribution in [1.29, 1.82) is 0 Å². The molecule has 2 aliphatic carbocycles. The first-order valence-electron chi connectivity index (χ1n) is 8.55. The van der Waals surface area contributed by atoms with Crippen molar-refractivity contribution in [3.63, 3.8) is 0 Å². The molecule has 0 aromatic heterocycles. The van der Waals surface area contributed by atoms with Gasteiger partial charge in [-0.1, -0.05) is 57.0 Å². The minimum absolute atomic E-state index is 0.443. The molecule has 0 amide bonds. The Hall–Kier alpha value is -0.820. The van der Waals surface area contributed by atoms with E-state index in [9.17, 15) is 0 Å². The molecule has 0 bridgehead atoms. The summed E-state index contributed by atoms with van der Waals surface area (Å²) in [6.07, 6.45) is 8.47. The molecule has 110 valence electrons. The molecule has 0 spiro atoms. The molecule has 2 saturated carbocycles. The standard InChI is InChI=1S/C19H29N/c1-3-20-18(16-9-7-8-15(2)14-16)19(12-13-19)17-10-5-4-6-11-17/h4-6,10-11,15-16,18,20H,3,7-9,12-14H2,1-2H3. The van der Waals surface area contributed by atoms with Gasteiger partial charge in [0, 0.05) is 11.5 Å². The molecule has 0 aliphatic heterocycles. The van der Waals surface area contributed by atoms with Crippen molar-refractivity contribution >= 4 is 0 Å². The Morgan fingerprint density at radius 3 is 2.55 bits per heavy atom. The lowest BCUT2D eigenvalue weighted by Gasteiger charge is -2.39. The van der Waals surface area contributed by atoms with Crippen molar-refractivity contribution in [3.8, 4) is 0 Å². The highest BCUT2D eigenvalue weighted by atomic mass is 15.0. The second-order valence-electron chi connectivity index (χ2n) is 7.09. The zero-order valence-corrected chi connectivity index (χ0v) is 13.1. The minimum atomic E-state index is 0.443. The SMILES string of the molecule is CCNC(C1CCCC(C)C1)C1(c2ccccc2)CC1. The van der Waals surface area contributed by atoms with Crippen LogP contribution < -0.4 is 5.32 Å². The first-order chi connectivity index (χ1) is 9.76. The maximum absolute atomic E-state index is 3.87. The Morgan fingerprint density at radius 2 is 1.95 bits per heavy atom. The highest BCUT2D eigenvalue weighted by Gasteiger charge is 2.52. The van der Waals surface area contributed by atoms with Gasteiger partial charge in [0.2, 0.25) is 0 Å². The Morgan fingerprint density at radius 1 is 1.20 bits per heavy atom. The van der Waals surface area contributed by atoms with Gasteiger partial charge >= 0.3 is 0 Å². The zero-order valence-electron chi connectivity index (χ0n) is 13.1. The lowest BCUT2D eigenvalue weighted by atomic mass is 9.72. The van der Waals surface area contributed by atoms with Crippen molar-refractivity contribution in [2.45, 2.75) is 63.8 Å². The maximum atomic E-state index is 3.87. The van der Waals surface area contributed by atoms with Gasteiger partial charge < -0.3 is 5.32 Å². The fourth-order valence-corrected chi connectivity index (χ4v) is 4.50. The smallest absolute Gasteiger partial charge is 0.0192 e. The molecule has 3 rings (SSSR count). The largest absolute Gasteiger partial charge is 0.313 e. The zero-order chi connectivity index (χ0) is 14.0.